The fraction of sp³-hybridized carbons (Fsp3) is 0.889. The third kappa shape index (κ3) is 2.44. The molecule has 0 radical (unpaired) electrons. The van der Waals surface area contributed by atoms with Crippen LogP contribution in [0.1, 0.15) is 39.0 Å². The summed E-state index contributed by atoms with van der Waals surface area (Å²) in [6, 6.07) is 0. The molecule has 0 aliphatic heterocycles. The van der Waals surface area contributed by atoms with Crippen molar-refractivity contribution >= 4 is 17.2 Å². The lowest BCUT2D eigenvalue weighted by atomic mass is 9.80. The minimum Gasteiger partial charge on any atom is -0.393 e. The van der Waals surface area contributed by atoms with Gasteiger partial charge >= 0.3 is 0 Å². The average Bonchev–Trinajstić information content (AvgIpc) is 2.05. The molecule has 1 nitrogen and oxygen atoms in total. The van der Waals surface area contributed by atoms with Gasteiger partial charge in [0.2, 0.25) is 0 Å². The molecule has 2 unspecified atom stereocenters. The first-order chi connectivity index (χ1) is 5.24. The van der Waals surface area contributed by atoms with Crippen molar-refractivity contribution in [3.05, 3.63) is 0 Å². The van der Waals surface area contributed by atoms with E-state index in [1.54, 1.807) is 0 Å². The lowest BCUT2D eigenvalue weighted by molar-refractivity contribution is 0.311. The Kier molecular flexibility index (Phi) is 3.31. The summed E-state index contributed by atoms with van der Waals surface area (Å²) in [7, 11) is 0. The van der Waals surface area contributed by atoms with Crippen LogP contribution in [0, 0.1) is 11.8 Å². The Balaban J connectivity index is 2.39. The number of nitrogens with two attached hydrogens (primary N) is 1. The number of rotatable bonds is 2. The van der Waals surface area contributed by atoms with Crippen LogP contribution in [0.15, 0.2) is 0 Å². The molecule has 1 aliphatic carbocycles. The summed E-state index contributed by atoms with van der Waals surface area (Å²) < 4.78 is 0. The molecule has 1 rings (SSSR count). The van der Waals surface area contributed by atoms with Crippen LogP contribution in [0.25, 0.3) is 0 Å². The zero-order valence-corrected chi connectivity index (χ0v) is 7.99. The first kappa shape index (κ1) is 8.98. The summed E-state index contributed by atoms with van der Waals surface area (Å²) in [4.78, 5) is 0.739. The molecule has 11 heavy (non-hydrogen) atoms. The van der Waals surface area contributed by atoms with E-state index >= 15 is 0 Å². The molecule has 0 amide bonds. The van der Waals surface area contributed by atoms with Crippen LogP contribution in [0.4, 0.5) is 0 Å². The first-order valence-corrected chi connectivity index (χ1v) is 4.94. The van der Waals surface area contributed by atoms with Gasteiger partial charge in [-0.3, -0.25) is 0 Å². The molecule has 0 aromatic heterocycles. The van der Waals surface area contributed by atoms with Gasteiger partial charge in [0, 0.05) is 5.92 Å². The summed E-state index contributed by atoms with van der Waals surface area (Å²) in [5.74, 6) is 1.43. The molecular formula is C9H17NS. The molecule has 1 fully saturated rings. The maximum atomic E-state index is 5.62. The minimum atomic E-state index is 0.545. The molecule has 2 atom stereocenters. The van der Waals surface area contributed by atoms with Crippen LogP contribution in [0.5, 0.6) is 0 Å². The quantitative estimate of drug-likeness (QED) is 0.646. The number of thiocarbonyl (C=S) groups is 1. The van der Waals surface area contributed by atoms with Gasteiger partial charge in [-0.1, -0.05) is 38.4 Å². The van der Waals surface area contributed by atoms with Crippen LogP contribution in [0.2, 0.25) is 0 Å². The molecule has 1 saturated carbocycles. The van der Waals surface area contributed by atoms with Gasteiger partial charge in [-0.05, 0) is 18.8 Å². The third-order valence-electron chi connectivity index (χ3n) is 2.76. The molecule has 64 valence electrons. The fourth-order valence-corrected chi connectivity index (χ4v) is 2.13. The van der Waals surface area contributed by atoms with Gasteiger partial charge in [0.25, 0.3) is 0 Å². The Morgan fingerprint density at radius 3 is 2.82 bits per heavy atom. The van der Waals surface area contributed by atoms with Crippen LogP contribution in [0.3, 0.4) is 0 Å². The van der Waals surface area contributed by atoms with E-state index in [0.717, 1.165) is 10.9 Å². The molecule has 0 aromatic carbocycles. The largest absolute Gasteiger partial charge is 0.393 e. The number of hydrogen-bond donors (Lipinski definition) is 1. The van der Waals surface area contributed by atoms with E-state index in [2.05, 4.69) is 6.92 Å². The minimum absolute atomic E-state index is 0.545. The summed E-state index contributed by atoms with van der Waals surface area (Å²) in [6.07, 6.45) is 6.47. The van der Waals surface area contributed by atoms with Crippen LogP contribution in [-0.2, 0) is 0 Å². The van der Waals surface area contributed by atoms with Gasteiger partial charge in [-0.15, -0.1) is 0 Å². The molecule has 2 heteroatoms. The highest BCUT2D eigenvalue weighted by Crippen LogP contribution is 2.30. The highest BCUT2D eigenvalue weighted by molar-refractivity contribution is 7.80. The highest BCUT2D eigenvalue weighted by Gasteiger charge is 2.21. The molecule has 0 bridgehead atoms. The number of hydrogen-bond acceptors (Lipinski definition) is 1. The van der Waals surface area contributed by atoms with Gasteiger partial charge in [-0.2, -0.15) is 0 Å². The molecule has 0 saturated heterocycles. The van der Waals surface area contributed by atoms with E-state index in [9.17, 15) is 0 Å². The maximum Gasteiger partial charge on any atom is 0.0758 e. The molecule has 0 aromatic rings. The second-order valence-electron chi connectivity index (χ2n) is 3.54. The second kappa shape index (κ2) is 4.05. The van der Waals surface area contributed by atoms with E-state index in [4.69, 9.17) is 18.0 Å². The van der Waals surface area contributed by atoms with Crippen molar-refractivity contribution in [3.8, 4) is 0 Å². The molecule has 0 spiro atoms. The second-order valence-corrected chi connectivity index (χ2v) is 4.01. The van der Waals surface area contributed by atoms with E-state index in [1.807, 2.05) is 0 Å². The molecule has 0 heterocycles. The lowest BCUT2D eigenvalue weighted by Gasteiger charge is -2.27. The topological polar surface area (TPSA) is 26.0 Å². The smallest absolute Gasteiger partial charge is 0.0758 e. The molecule has 1 aliphatic rings. The van der Waals surface area contributed by atoms with Crippen molar-refractivity contribution in [1.82, 2.24) is 0 Å². The predicted octanol–water partition coefficient (Wildman–Crippen LogP) is 2.49. The van der Waals surface area contributed by atoms with Gasteiger partial charge in [0.15, 0.2) is 0 Å². The summed E-state index contributed by atoms with van der Waals surface area (Å²) >= 11 is 4.99. The third-order valence-corrected chi connectivity index (χ3v) is 3.10. The average molecular weight is 171 g/mol. The van der Waals surface area contributed by atoms with Crippen molar-refractivity contribution < 1.29 is 0 Å². The van der Waals surface area contributed by atoms with Crippen LogP contribution < -0.4 is 5.73 Å². The molecular weight excluding hydrogens is 154 g/mol. The Hall–Kier alpha value is -0.110. The Bertz CT molecular complexity index is 144. The molecule has 2 N–H and O–H groups in total. The van der Waals surface area contributed by atoms with Gasteiger partial charge < -0.3 is 5.73 Å². The maximum absolute atomic E-state index is 5.62. The lowest BCUT2D eigenvalue weighted by Crippen LogP contribution is -2.26. The first-order valence-electron chi connectivity index (χ1n) is 4.53. The monoisotopic (exact) mass is 171 g/mol. The van der Waals surface area contributed by atoms with Gasteiger partial charge in [0.1, 0.15) is 0 Å². The van der Waals surface area contributed by atoms with Crippen molar-refractivity contribution in [2.24, 2.45) is 17.6 Å². The zero-order valence-electron chi connectivity index (χ0n) is 7.18. The Morgan fingerprint density at radius 1 is 1.55 bits per heavy atom. The van der Waals surface area contributed by atoms with Crippen LogP contribution >= 0.6 is 12.2 Å². The Labute approximate surface area is 74.4 Å². The standard InChI is InChI=1S/C9H17NS/c1-2-7-4-3-5-8(6-7)9(10)11/h7-8H,2-6H2,1H3,(H2,10,11). The predicted molar refractivity (Wildman–Crippen MR) is 52.5 cm³/mol. The van der Waals surface area contributed by atoms with Crippen molar-refractivity contribution in [1.29, 1.82) is 0 Å². The van der Waals surface area contributed by atoms with Crippen molar-refractivity contribution in [3.63, 3.8) is 0 Å². The zero-order chi connectivity index (χ0) is 8.27. The Morgan fingerprint density at radius 2 is 2.27 bits per heavy atom. The van der Waals surface area contributed by atoms with Crippen LogP contribution in [-0.4, -0.2) is 4.99 Å². The van der Waals surface area contributed by atoms with Gasteiger partial charge in [0.05, 0.1) is 4.99 Å². The van der Waals surface area contributed by atoms with E-state index in [-0.39, 0.29) is 0 Å². The fourth-order valence-electron chi connectivity index (χ4n) is 1.92. The summed E-state index contributed by atoms with van der Waals surface area (Å²) in [5.41, 5.74) is 5.62. The van der Waals surface area contributed by atoms with Crippen molar-refractivity contribution in [2.45, 2.75) is 39.0 Å². The van der Waals surface area contributed by atoms with Gasteiger partial charge in [-0.25, -0.2) is 0 Å². The highest BCUT2D eigenvalue weighted by atomic mass is 32.1. The van der Waals surface area contributed by atoms with E-state index < -0.39 is 0 Å². The SMILES string of the molecule is CCC1CCCC(C(N)=S)C1. The summed E-state index contributed by atoms with van der Waals surface area (Å²) in [5, 5.41) is 0. The van der Waals surface area contributed by atoms with E-state index in [0.29, 0.717) is 5.92 Å². The normalized spacial score (nSPS) is 31.7. The van der Waals surface area contributed by atoms with Crippen molar-refractivity contribution in [2.75, 3.05) is 0 Å². The summed E-state index contributed by atoms with van der Waals surface area (Å²) in [6.45, 7) is 2.26. The van der Waals surface area contributed by atoms with E-state index in [1.165, 1.54) is 32.1 Å².